The molecule has 0 bridgehead atoms. The van der Waals surface area contributed by atoms with E-state index in [1.807, 2.05) is 6.08 Å². The zero-order chi connectivity index (χ0) is 12.0. The van der Waals surface area contributed by atoms with Gasteiger partial charge in [0.1, 0.15) is 0 Å². The molecule has 2 heteroatoms. The van der Waals surface area contributed by atoms with Crippen LogP contribution in [0.4, 0.5) is 0 Å². The summed E-state index contributed by atoms with van der Waals surface area (Å²) in [6.07, 6.45) is 9.43. The molecule has 3 unspecified atom stereocenters. The van der Waals surface area contributed by atoms with Gasteiger partial charge in [0.15, 0.2) is 0 Å². The molecule has 1 fully saturated rings. The first-order valence-electron chi connectivity index (χ1n) is 6.52. The van der Waals surface area contributed by atoms with Crippen LogP contribution in [0.1, 0.15) is 51.9 Å². The van der Waals surface area contributed by atoms with Gasteiger partial charge in [-0.2, -0.15) is 0 Å². The van der Waals surface area contributed by atoms with Crippen LogP contribution in [-0.2, 0) is 4.79 Å². The van der Waals surface area contributed by atoms with Gasteiger partial charge < -0.3 is 5.11 Å². The van der Waals surface area contributed by atoms with Crippen LogP contribution >= 0.6 is 0 Å². The number of allylic oxidation sites excluding steroid dienone is 1. The van der Waals surface area contributed by atoms with Gasteiger partial charge in [0.05, 0.1) is 5.92 Å². The Morgan fingerprint density at radius 1 is 1.44 bits per heavy atom. The maximum atomic E-state index is 11.2. The Morgan fingerprint density at radius 2 is 2.19 bits per heavy atom. The molecule has 1 rings (SSSR count). The topological polar surface area (TPSA) is 37.3 Å². The molecule has 0 amide bonds. The molecule has 1 aliphatic rings. The van der Waals surface area contributed by atoms with E-state index in [1.54, 1.807) is 0 Å². The van der Waals surface area contributed by atoms with Gasteiger partial charge in [-0.05, 0) is 43.9 Å². The summed E-state index contributed by atoms with van der Waals surface area (Å²) in [6.45, 7) is 5.93. The molecular weight excluding hydrogens is 200 g/mol. The number of aliphatic carboxylic acids is 1. The van der Waals surface area contributed by atoms with E-state index in [0.717, 1.165) is 38.0 Å². The quantitative estimate of drug-likeness (QED) is 0.695. The molecule has 0 aromatic carbocycles. The van der Waals surface area contributed by atoms with Gasteiger partial charge in [-0.3, -0.25) is 4.79 Å². The molecule has 92 valence electrons. The van der Waals surface area contributed by atoms with Gasteiger partial charge in [-0.1, -0.05) is 25.8 Å². The Kier molecular flexibility index (Phi) is 5.58. The standard InChI is InChI=1S/C14H24O2/c1-3-5-7-12-10-11(6-4-2)8-9-13(12)14(15)16/h3,11-13H,1,4-10H2,2H3,(H,15,16). The highest BCUT2D eigenvalue weighted by Crippen LogP contribution is 2.38. The lowest BCUT2D eigenvalue weighted by Crippen LogP contribution is -2.30. The molecule has 3 atom stereocenters. The van der Waals surface area contributed by atoms with E-state index in [0.29, 0.717) is 5.92 Å². The van der Waals surface area contributed by atoms with Crippen LogP contribution in [0.3, 0.4) is 0 Å². The van der Waals surface area contributed by atoms with Crippen molar-refractivity contribution >= 4 is 5.97 Å². The summed E-state index contributed by atoms with van der Waals surface area (Å²) in [5.74, 6) is 0.438. The average Bonchev–Trinajstić information content (AvgIpc) is 2.26. The van der Waals surface area contributed by atoms with Crippen LogP contribution < -0.4 is 0 Å². The summed E-state index contributed by atoms with van der Waals surface area (Å²) in [6, 6.07) is 0. The largest absolute Gasteiger partial charge is 0.481 e. The van der Waals surface area contributed by atoms with Gasteiger partial charge in [0, 0.05) is 0 Å². The Balaban J connectivity index is 2.54. The molecule has 1 N–H and O–H groups in total. The van der Waals surface area contributed by atoms with Crippen LogP contribution in [0.15, 0.2) is 12.7 Å². The second-order valence-electron chi connectivity index (χ2n) is 5.04. The first kappa shape index (κ1) is 13.3. The summed E-state index contributed by atoms with van der Waals surface area (Å²) in [5.41, 5.74) is 0. The monoisotopic (exact) mass is 224 g/mol. The molecule has 1 aliphatic carbocycles. The molecule has 0 aromatic heterocycles. The number of carbonyl (C=O) groups is 1. The minimum atomic E-state index is -0.594. The first-order valence-corrected chi connectivity index (χ1v) is 6.52. The predicted octanol–water partition coefficient (Wildman–Crippen LogP) is 3.87. The number of rotatable bonds is 6. The lowest BCUT2D eigenvalue weighted by atomic mass is 9.71. The van der Waals surface area contributed by atoms with E-state index in [1.165, 1.54) is 12.8 Å². The Morgan fingerprint density at radius 3 is 2.75 bits per heavy atom. The summed E-state index contributed by atoms with van der Waals surface area (Å²) < 4.78 is 0. The molecular formula is C14H24O2. The molecule has 0 radical (unpaired) electrons. The van der Waals surface area contributed by atoms with Crippen LogP contribution in [-0.4, -0.2) is 11.1 Å². The zero-order valence-electron chi connectivity index (χ0n) is 10.3. The number of carboxylic acids is 1. The SMILES string of the molecule is C=CCCC1CC(CCC)CCC1C(=O)O. The third-order valence-corrected chi connectivity index (χ3v) is 3.85. The van der Waals surface area contributed by atoms with Crippen molar-refractivity contribution in [1.82, 2.24) is 0 Å². The van der Waals surface area contributed by atoms with Crippen molar-refractivity contribution in [3.8, 4) is 0 Å². The van der Waals surface area contributed by atoms with Crippen LogP contribution in [0.2, 0.25) is 0 Å². The van der Waals surface area contributed by atoms with E-state index in [4.69, 9.17) is 0 Å². The molecule has 0 saturated heterocycles. The van der Waals surface area contributed by atoms with E-state index < -0.39 is 5.97 Å². The Labute approximate surface area is 98.7 Å². The lowest BCUT2D eigenvalue weighted by Gasteiger charge is -2.33. The number of hydrogen-bond donors (Lipinski definition) is 1. The summed E-state index contributed by atoms with van der Waals surface area (Å²) >= 11 is 0. The van der Waals surface area contributed by atoms with E-state index in [2.05, 4.69) is 13.5 Å². The number of carboxylic acid groups (broad SMARTS) is 1. The average molecular weight is 224 g/mol. The summed E-state index contributed by atoms with van der Waals surface area (Å²) in [4.78, 5) is 11.2. The Bertz CT molecular complexity index is 235. The minimum absolute atomic E-state index is 0.104. The van der Waals surface area contributed by atoms with Crippen LogP contribution in [0.5, 0.6) is 0 Å². The van der Waals surface area contributed by atoms with Gasteiger partial charge in [-0.15, -0.1) is 6.58 Å². The fourth-order valence-corrected chi connectivity index (χ4v) is 3.01. The molecule has 0 aliphatic heterocycles. The van der Waals surface area contributed by atoms with Crippen LogP contribution in [0, 0.1) is 17.8 Å². The van der Waals surface area contributed by atoms with Crippen molar-refractivity contribution in [1.29, 1.82) is 0 Å². The molecule has 16 heavy (non-hydrogen) atoms. The Hall–Kier alpha value is -0.790. The van der Waals surface area contributed by atoms with Crippen molar-refractivity contribution < 1.29 is 9.90 Å². The van der Waals surface area contributed by atoms with Crippen molar-refractivity contribution in [2.75, 3.05) is 0 Å². The molecule has 2 nitrogen and oxygen atoms in total. The molecule has 1 saturated carbocycles. The predicted molar refractivity (Wildman–Crippen MR) is 66.3 cm³/mol. The molecule has 0 aromatic rings. The van der Waals surface area contributed by atoms with Crippen LogP contribution in [0.25, 0.3) is 0 Å². The first-order chi connectivity index (χ1) is 7.69. The van der Waals surface area contributed by atoms with Crippen molar-refractivity contribution in [2.45, 2.75) is 51.9 Å². The third-order valence-electron chi connectivity index (χ3n) is 3.85. The van der Waals surface area contributed by atoms with E-state index in [9.17, 15) is 9.90 Å². The maximum Gasteiger partial charge on any atom is 0.306 e. The molecule has 0 heterocycles. The minimum Gasteiger partial charge on any atom is -0.481 e. The van der Waals surface area contributed by atoms with Gasteiger partial charge in [0.25, 0.3) is 0 Å². The normalized spacial score (nSPS) is 29.9. The fraction of sp³-hybridized carbons (Fsp3) is 0.786. The second-order valence-corrected chi connectivity index (χ2v) is 5.04. The van der Waals surface area contributed by atoms with Gasteiger partial charge in [-0.25, -0.2) is 0 Å². The van der Waals surface area contributed by atoms with Crippen molar-refractivity contribution in [3.05, 3.63) is 12.7 Å². The van der Waals surface area contributed by atoms with Gasteiger partial charge in [0.2, 0.25) is 0 Å². The highest BCUT2D eigenvalue weighted by Gasteiger charge is 2.33. The fourth-order valence-electron chi connectivity index (χ4n) is 3.01. The lowest BCUT2D eigenvalue weighted by molar-refractivity contribution is -0.145. The summed E-state index contributed by atoms with van der Waals surface area (Å²) in [5, 5.41) is 9.20. The third kappa shape index (κ3) is 3.66. The maximum absolute atomic E-state index is 11.2. The van der Waals surface area contributed by atoms with E-state index >= 15 is 0 Å². The highest BCUT2D eigenvalue weighted by molar-refractivity contribution is 5.70. The zero-order valence-corrected chi connectivity index (χ0v) is 10.3. The molecule has 0 spiro atoms. The van der Waals surface area contributed by atoms with Gasteiger partial charge >= 0.3 is 5.97 Å². The number of hydrogen-bond acceptors (Lipinski definition) is 1. The van der Waals surface area contributed by atoms with Crippen molar-refractivity contribution in [3.63, 3.8) is 0 Å². The second kappa shape index (κ2) is 6.72. The smallest absolute Gasteiger partial charge is 0.306 e. The summed E-state index contributed by atoms with van der Waals surface area (Å²) in [7, 11) is 0. The van der Waals surface area contributed by atoms with E-state index in [-0.39, 0.29) is 5.92 Å². The highest BCUT2D eigenvalue weighted by atomic mass is 16.4. The van der Waals surface area contributed by atoms with Crippen molar-refractivity contribution in [2.24, 2.45) is 17.8 Å².